The summed E-state index contributed by atoms with van der Waals surface area (Å²) in [6.07, 6.45) is 0. The Balaban J connectivity index is 1.68. The monoisotopic (exact) mass is 365 g/mol. The van der Waals surface area contributed by atoms with Gasteiger partial charge >= 0.3 is 0 Å². The Labute approximate surface area is 143 Å². The van der Waals surface area contributed by atoms with Gasteiger partial charge in [0.15, 0.2) is 5.15 Å². The van der Waals surface area contributed by atoms with E-state index in [4.69, 9.17) is 26.8 Å². The lowest BCUT2D eigenvalue weighted by Crippen LogP contribution is -2.37. The molecule has 1 aliphatic rings. The second-order valence-electron chi connectivity index (χ2n) is 5.19. The Kier molecular flexibility index (Phi) is 8.41. The normalized spacial score (nSPS) is 17.0. The average molecular weight is 366 g/mol. The first-order chi connectivity index (χ1) is 11.2. The number of aromatic nitrogens is 3. The third-order valence-electron chi connectivity index (χ3n) is 3.46. The fraction of sp³-hybridized carbons (Fsp3) is 0.846. The summed E-state index contributed by atoms with van der Waals surface area (Å²) >= 11 is 6.31. The van der Waals surface area contributed by atoms with Gasteiger partial charge in [0.2, 0.25) is 0 Å². The molecule has 0 radical (unpaired) electrons. The van der Waals surface area contributed by atoms with E-state index >= 15 is 0 Å². The molecular weight excluding hydrogens is 342 g/mol. The molecule has 2 heterocycles. The number of halogens is 1. The van der Waals surface area contributed by atoms with Crippen molar-refractivity contribution in [2.75, 3.05) is 57.6 Å². The molecule has 0 amide bonds. The van der Waals surface area contributed by atoms with Crippen LogP contribution in [0.5, 0.6) is 0 Å². The topological polar surface area (TPSA) is 95.5 Å². The SMILES string of the molecule is NCCOCCOCCn1nnc(CN2CCS(=O)CC2)c1Cl. The fourth-order valence-corrected chi connectivity index (χ4v) is 3.52. The maximum atomic E-state index is 11.4. The van der Waals surface area contributed by atoms with Crippen LogP contribution in [0.15, 0.2) is 0 Å². The van der Waals surface area contributed by atoms with E-state index in [2.05, 4.69) is 15.2 Å². The summed E-state index contributed by atoms with van der Waals surface area (Å²) in [6, 6.07) is 0. The molecule has 8 nitrogen and oxygen atoms in total. The first-order valence-corrected chi connectivity index (χ1v) is 9.58. The van der Waals surface area contributed by atoms with Gasteiger partial charge < -0.3 is 15.2 Å². The molecule has 0 unspecified atom stereocenters. The molecule has 132 valence electrons. The molecule has 2 rings (SSSR count). The van der Waals surface area contributed by atoms with Crippen LogP contribution in [-0.2, 0) is 33.4 Å². The molecule has 0 atom stereocenters. The van der Waals surface area contributed by atoms with Gasteiger partial charge in [0.25, 0.3) is 0 Å². The minimum Gasteiger partial charge on any atom is -0.378 e. The summed E-state index contributed by atoms with van der Waals surface area (Å²) in [5, 5.41) is 8.74. The summed E-state index contributed by atoms with van der Waals surface area (Å²) < 4.78 is 23.7. The summed E-state index contributed by atoms with van der Waals surface area (Å²) in [5.74, 6) is 1.43. The van der Waals surface area contributed by atoms with Crippen molar-refractivity contribution in [2.45, 2.75) is 13.1 Å². The van der Waals surface area contributed by atoms with Crippen LogP contribution in [0.3, 0.4) is 0 Å². The number of hydrogen-bond donors (Lipinski definition) is 1. The smallest absolute Gasteiger partial charge is 0.151 e. The zero-order chi connectivity index (χ0) is 16.5. The standard InChI is InChI=1S/C13H24ClN5O3S/c14-13-12(11-18-3-9-23(20)10-4-18)16-17-19(13)2-6-22-8-7-21-5-1-15/h1-11,15H2. The number of rotatable bonds is 10. The largest absolute Gasteiger partial charge is 0.378 e. The van der Waals surface area contributed by atoms with Crippen LogP contribution in [0, 0.1) is 0 Å². The minimum absolute atomic E-state index is 0.497. The van der Waals surface area contributed by atoms with E-state index in [0.29, 0.717) is 62.7 Å². The van der Waals surface area contributed by atoms with Crippen molar-refractivity contribution in [3.8, 4) is 0 Å². The molecule has 23 heavy (non-hydrogen) atoms. The highest BCUT2D eigenvalue weighted by Crippen LogP contribution is 2.15. The van der Waals surface area contributed by atoms with Gasteiger partial charge in [-0.3, -0.25) is 9.11 Å². The maximum absolute atomic E-state index is 11.4. The third-order valence-corrected chi connectivity index (χ3v) is 5.15. The quantitative estimate of drug-likeness (QED) is 0.558. The summed E-state index contributed by atoms with van der Waals surface area (Å²) in [4.78, 5) is 2.20. The van der Waals surface area contributed by atoms with Crippen LogP contribution in [0.25, 0.3) is 0 Å². The molecule has 0 bridgehead atoms. The van der Waals surface area contributed by atoms with E-state index < -0.39 is 10.8 Å². The molecule has 0 saturated carbocycles. The number of hydrogen-bond acceptors (Lipinski definition) is 7. The molecule has 2 N–H and O–H groups in total. The van der Waals surface area contributed by atoms with E-state index in [1.54, 1.807) is 4.68 Å². The molecule has 10 heteroatoms. The van der Waals surface area contributed by atoms with E-state index in [1.807, 2.05) is 0 Å². The van der Waals surface area contributed by atoms with Crippen LogP contribution in [0.4, 0.5) is 0 Å². The molecule has 1 aromatic rings. The molecule has 1 aromatic heterocycles. The molecule has 0 aliphatic carbocycles. The minimum atomic E-state index is -0.677. The van der Waals surface area contributed by atoms with Crippen LogP contribution in [0.2, 0.25) is 5.15 Å². The fourth-order valence-electron chi connectivity index (χ4n) is 2.18. The highest BCUT2D eigenvalue weighted by atomic mass is 35.5. The zero-order valence-corrected chi connectivity index (χ0v) is 14.7. The van der Waals surface area contributed by atoms with Gasteiger partial charge in [-0.2, -0.15) is 0 Å². The van der Waals surface area contributed by atoms with Crippen molar-refractivity contribution < 1.29 is 13.7 Å². The van der Waals surface area contributed by atoms with Crippen LogP contribution >= 0.6 is 11.6 Å². The summed E-state index contributed by atoms with van der Waals surface area (Å²) in [5.41, 5.74) is 6.08. The van der Waals surface area contributed by atoms with Crippen LogP contribution in [-0.4, -0.2) is 81.7 Å². The van der Waals surface area contributed by atoms with Gasteiger partial charge in [-0.15, -0.1) is 5.10 Å². The molecular formula is C13H24ClN5O3S. The lowest BCUT2D eigenvalue weighted by Gasteiger charge is -2.24. The van der Waals surface area contributed by atoms with Crippen molar-refractivity contribution >= 4 is 22.4 Å². The number of ether oxygens (including phenoxy) is 2. The zero-order valence-electron chi connectivity index (χ0n) is 13.2. The lowest BCUT2D eigenvalue weighted by molar-refractivity contribution is 0.0467. The van der Waals surface area contributed by atoms with Crippen molar-refractivity contribution in [3.63, 3.8) is 0 Å². The Morgan fingerprint density at radius 1 is 1.17 bits per heavy atom. The van der Waals surface area contributed by atoms with Crippen molar-refractivity contribution in [2.24, 2.45) is 5.73 Å². The third kappa shape index (κ3) is 6.44. The number of nitrogens with two attached hydrogens (primary N) is 1. The van der Waals surface area contributed by atoms with Gasteiger partial charge in [0.05, 0.1) is 33.0 Å². The van der Waals surface area contributed by atoms with Gasteiger partial charge in [-0.05, 0) is 0 Å². The average Bonchev–Trinajstić information content (AvgIpc) is 2.89. The van der Waals surface area contributed by atoms with E-state index in [0.717, 1.165) is 18.8 Å². The highest BCUT2D eigenvalue weighted by molar-refractivity contribution is 7.85. The molecule has 1 saturated heterocycles. The van der Waals surface area contributed by atoms with Crippen LogP contribution in [0.1, 0.15) is 5.69 Å². The van der Waals surface area contributed by atoms with Gasteiger partial charge in [0.1, 0.15) is 5.69 Å². The van der Waals surface area contributed by atoms with Crippen molar-refractivity contribution in [1.29, 1.82) is 0 Å². The second-order valence-corrected chi connectivity index (χ2v) is 7.24. The molecule has 0 aromatic carbocycles. The van der Waals surface area contributed by atoms with Crippen LogP contribution < -0.4 is 5.73 Å². The molecule has 1 fully saturated rings. The Morgan fingerprint density at radius 3 is 2.57 bits per heavy atom. The first-order valence-electron chi connectivity index (χ1n) is 7.71. The number of nitrogens with zero attached hydrogens (tertiary/aromatic N) is 4. The predicted octanol–water partition coefficient (Wildman–Crippen LogP) is -0.512. The highest BCUT2D eigenvalue weighted by Gasteiger charge is 2.19. The molecule has 0 spiro atoms. The first kappa shape index (κ1) is 18.8. The second kappa shape index (κ2) is 10.3. The van der Waals surface area contributed by atoms with E-state index in [1.165, 1.54) is 0 Å². The van der Waals surface area contributed by atoms with Gasteiger partial charge in [-0.25, -0.2) is 4.68 Å². The lowest BCUT2D eigenvalue weighted by atomic mass is 10.4. The van der Waals surface area contributed by atoms with E-state index in [9.17, 15) is 4.21 Å². The summed E-state index contributed by atoms with van der Waals surface area (Å²) in [7, 11) is -0.677. The molecule has 1 aliphatic heterocycles. The Hall–Kier alpha value is -0.580. The van der Waals surface area contributed by atoms with E-state index in [-0.39, 0.29) is 0 Å². The summed E-state index contributed by atoms with van der Waals surface area (Å²) in [6.45, 7) is 5.42. The maximum Gasteiger partial charge on any atom is 0.151 e. The van der Waals surface area contributed by atoms with Crippen molar-refractivity contribution in [1.82, 2.24) is 19.9 Å². The predicted molar refractivity (Wildman–Crippen MR) is 88.9 cm³/mol. The van der Waals surface area contributed by atoms with Crippen molar-refractivity contribution in [3.05, 3.63) is 10.8 Å². The Morgan fingerprint density at radius 2 is 1.87 bits per heavy atom. The van der Waals surface area contributed by atoms with Gasteiger partial charge in [0, 0.05) is 48.5 Å². The Bertz CT molecular complexity index is 492. The van der Waals surface area contributed by atoms with Gasteiger partial charge in [-0.1, -0.05) is 16.8 Å².